The van der Waals surface area contributed by atoms with Crippen molar-refractivity contribution < 1.29 is 32.3 Å². The lowest BCUT2D eigenvalue weighted by Gasteiger charge is -2.33. The van der Waals surface area contributed by atoms with Crippen LogP contribution >= 0.6 is 11.3 Å². The molecular formula is C24H27F3N4O4S. The van der Waals surface area contributed by atoms with E-state index < -0.39 is 17.6 Å². The van der Waals surface area contributed by atoms with Crippen molar-refractivity contribution in [2.24, 2.45) is 0 Å². The number of likely N-dealkylation sites (tertiary alicyclic amines) is 1. The molecule has 2 fully saturated rings. The summed E-state index contributed by atoms with van der Waals surface area (Å²) in [6.45, 7) is 4.24. The van der Waals surface area contributed by atoms with Crippen LogP contribution in [0.3, 0.4) is 0 Å². The Labute approximate surface area is 210 Å². The number of piperazine rings is 1. The summed E-state index contributed by atoms with van der Waals surface area (Å²) < 4.78 is 44.9. The van der Waals surface area contributed by atoms with Gasteiger partial charge in [-0.25, -0.2) is 9.78 Å². The summed E-state index contributed by atoms with van der Waals surface area (Å²) in [6, 6.07) is 4.83. The van der Waals surface area contributed by atoms with E-state index in [-0.39, 0.29) is 23.5 Å². The van der Waals surface area contributed by atoms with E-state index in [1.807, 2.05) is 0 Å². The van der Waals surface area contributed by atoms with Gasteiger partial charge >= 0.3 is 12.3 Å². The molecule has 0 atom stereocenters. The van der Waals surface area contributed by atoms with E-state index >= 15 is 0 Å². The minimum absolute atomic E-state index is 0.0270. The van der Waals surface area contributed by atoms with Gasteiger partial charge in [0.15, 0.2) is 0 Å². The zero-order valence-corrected chi connectivity index (χ0v) is 20.6. The molecule has 2 aromatic rings. The summed E-state index contributed by atoms with van der Waals surface area (Å²) in [5.41, 5.74) is -0.922. The number of benzene rings is 1. The van der Waals surface area contributed by atoms with E-state index in [0.29, 0.717) is 64.4 Å². The largest absolute Gasteiger partial charge is 0.450 e. The van der Waals surface area contributed by atoms with Crippen LogP contribution in [0.2, 0.25) is 0 Å². The third-order valence-corrected chi connectivity index (χ3v) is 7.44. The summed E-state index contributed by atoms with van der Waals surface area (Å²) in [5.74, 6) is -0.796. The maximum Gasteiger partial charge on any atom is 0.417 e. The zero-order valence-electron chi connectivity index (χ0n) is 19.8. The van der Waals surface area contributed by atoms with Gasteiger partial charge in [-0.2, -0.15) is 13.2 Å². The highest BCUT2D eigenvalue weighted by atomic mass is 32.1. The number of thiazole rings is 1. The molecule has 0 bridgehead atoms. The second-order valence-electron chi connectivity index (χ2n) is 8.66. The van der Waals surface area contributed by atoms with Gasteiger partial charge in [0.25, 0.3) is 11.8 Å². The van der Waals surface area contributed by atoms with E-state index in [4.69, 9.17) is 4.74 Å². The zero-order chi connectivity index (χ0) is 25.9. The fourth-order valence-corrected chi connectivity index (χ4v) is 5.42. The molecule has 12 heteroatoms. The first-order valence-electron chi connectivity index (χ1n) is 11.8. The second kappa shape index (κ2) is 10.9. The van der Waals surface area contributed by atoms with Gasteiger partial charge in [-0.05, 0) is 31.9 Å². The molecule has 4 rings (SSSR count). The predicted octanol–water partition coefficient (Wildman–Crippen LogP) is 4.10. The van der Waals surface area contributed by atoms with Crippen molar-refractivity contribution in [1.29, 1.82) is 0 Å². The lowest BCUT2D eigenvalue weighted by atomic mass is 9.96. The van der Waals surface area contributed by atoms with Crippen molar-refractivity contribution >= 4 is 29.2 Å². The van der Waals surface area contributed by atoms with Gasteiger partial charge in [-0.15, -0.1) is 11.3 Å². The van der Waals surface area contributed by atoms with E-state index in [1.165, 1.54) is 34.4 Å². The fraction of sp³-hybridized carbons (Fsp3) is 0.500. The number of alkyl halides is 3. The first kappa shape index (κ1) is 25.9. The Kier molecular flexibility index (Phi) is 7.82. The van der Waals surface area contributed by atoms with Gasteiger partial charge in [0, 0.05) is 50.6 Å². The summed E-state index contributed by atoms with van der Waals surface area (Å²) in [6.07, 6.45) is -3.87. The monoisotopic (exact) mass is 524 g/mol. The van der Waals surface area contributed by atoms with Crippen molar-refractivity contribution in [3.05, 3.63) is 51.5 Å². The molecule has 2 aliphatic rings. The third kappa shape index (κ3) is 5.63. The van der Waals surface area contributed by atoms with Gasteiger partial charge in [0.2, 0.25) is 0 Å². The summed E-state index contributed by atoms with van der Waals surface area (Å²) in [7, 11) is 0. The Morgan fingerprint density at radius 1 is 0.972 bits per heavy atom. The number of ether oxygens (including phenoxy) is 1. The minimum atomic E-state index is -4.60. The van der Waals surface area contributed by atoms with Crippen molar-refractivity contribution in [2.75, 3.05) is 45.9 Å². The second-order valence-corrected chi connectivity index (χ2v) is 9.55. The highest BCUT2D eigenvalue weighted by Gasteiger charge is 2.37. The quantitative estimate of drug-likeness (QED) is 0.602. The minimum Gasteiger partial charge on any atom is -0.450 e. The number of amides is 3. The van der Waals surface area contributed by atoms with Crippen LogP contribution in [-0.2, 0) is 10.9 Å². The molecule has 194 valence electrons. The molecular weight excluding hydrogens is 497 g/mol. The number of hydrogen-bond donors (Lipinski definition) is 0. The van der Waals surface area contributed by atoms with Crippen LogP contribution in [-0.4, -0.2) is 83.5 Å². The number of rotatable bonds is 4. The molecule has 0 radical (unpaired) electrons. The number of halogens is 3. The average Bonchev–Trinajstić information content (AvgIpc) is 3.38. The SMILES string of the molecule is CCOC(=O)N1CCN(C(=O)c2csc(C3CCN(C(=O)c4ccccc4C(F)(F)F)CC3)n2)CC1. The van der Waals surface area contributed by atoms with E-state index in [1.54, 1.807) is 22.1 Å². The Morgan fingerprint density at radius 3 is 2.22 bits per heavy atom. The predicted molar refractivity (Wildman–Crippen MR) is 126 cm³/mol. The standard InChI is InChI=1S/C24H27F3N4O4S/c1-2-35-23(34)31-13-11-30(12-14-31)22(33)19-15-36-20(28-19)16-7-9-29(10-8-16)21(32)17-5-3-4-6-18(17)24(25,26)27/h3-6,15-16H,2,7-14H2,1H3. The number of hydrogen-bond acceptors (Lipinski definition) is 6. The molecule has 0 N–H and O–H groups in total. The molecule has 3 heterocycles. The van der Waals surface area contributed by atoms with Gasteiger partial charge in [-0.1, -0.05) is 12.1 Å². The third-order valence-electron chi connectivity index (χ3n) is 6.43. The van der Waals surface area contributed by atoms with E-state index in [9.17, 15) is 27.6 Å². The van der Waals surface area contributed by atoms with Crippen LogP contribution < -0.4 is 0 Å². The van der Waals surface area contributed by atoms with Crippen molar-refractivity contribution in [2.45, 2.75) is 31.9 Å². The van der Waals surface area contributed by atoms with Crippen LogP contribution in [0, 0.1) is 0 Å². The molecule has 8 nitrogen and oxygen atoms in total. The number of piperidine rings is 1. The Bertz CT molecular complexity index is 1110. The van der Waals surface area contributed by atoms with Gasteiger partial charge < -0.3 is 19.4 Å². The number of nitrogens with zero attached hydrogens (tertiary/aromatic N) is 4. The molecule has 3 amide bonds. The van der Waals surface area contributed by atoms with Crippen molar-refractivity contribution in [3.8, 4) is 0 Å². The fourth-order valence-electron chi connectivity index (χ4n) is 4.46. The van der Waals surface area contributed by atoms with Crippen LogP contribution in [0.4, 0.5) is 18.0 Å². The highest BCUT2D eigenvalue weighted by Crippen LogP contribution is 2.34. The molecule has 0 spiro atoms. The lowest BCUT2D eigenvalue weighted by molar-refractivity contribution is -0.138. The molecule has 36 heavy (non-hydrogen) atoms. The molecule has 0 unspecified atom stereocenters. The van der Waals surface area contributed by atoms with Crippen LogP contribution in [0.25, 0.3) is 0 Å². The normalized spacial score (nSPS) is 17.3. The van der Waals surface area contributed by atoms with E-state index in [2.05, 4.69) is 4.98 Å². The molecule has 2 saturated heterocycles. The molecule has 2 aliphatic heterocycles. The van der Waals surface area contributed by atoms with Crippen molar-refractivity contribution in [1.82, 2.24) is 19.7 Å². The first-order chi connectivity index (χ1) is 17.2. The molecule has 1 aromatic heterocycles. The summed E-state index contributed by atoms with van der Waals surface area (Å²) >= 11 is 1.38. The average molecular weight is 525 g/mol. The highest BCUT2D eigenvalue weighted by molar-refractivity contribution is 7.09. The number of aromatic nitrogens is 1. The van der Waals surface area contributed by atoms with Crippen LogP contribution in [0.15, 0.2) is 29.6 Å². The van der Waals surface area contributed by atoms with Crippen LogP contribution in [0.1, 0.15) is 57.1 Å². The maximum atomic E-state index is 13.3. The van der Waals surface area contributed by atoms with Gasteiger partial charge in [-0.3, -0.25) is 9.59 Å². The number of carbonyl (C=O) groups excluding carboxylic acids is 3. The van der Waals surface area contributed by atoms with Crippen molar-refractivity contribution in [3.63, 3.8) is 0 Å². The summed E-state index contributed by atoms with van der Waals surface area (Å²) in [4.78, 5) is 46.8. The Morgan fingerprint density at radius 2 is 1.58 bits per heavy atom. The molecule has 0 aliphatic carbocycles. The maximum absolute atomic E-state index is 13.3. The van der Waals surface area contributed by atoms with Crippen LogP contribution in [0.5, 0.6) is 0 Å². The lowest BCUT2D eigenvalue weighted by Crippen LogP contribution is -2.50. The first-order valence-corrected chi connectivity index (χ1v) is 12.7. The smallest absolute Gasteiger partial charge is 0.417 e. The summed E-state index contributed by atoms with van der Waals surface area (Å²) in [5, 5.41) is 2.50. The van der Waals surface area contributed by atoms with E-state index in [0.717, 1.165) is 11.1 Å². The Balaban J connectivity index is 1.33. The number of carbonyl (C=O) groups is 3. The molecule has 1 aromatic carbocycles. The molecule has 0 saturated carbocycles. The van der Waals surface area contributed by atoms with Gasteiger partial charge in [0.05, 0.1) is 22.7 Å². The topological polar surface area (TPSA) is 83.0 Å². The Hall–Kier alpha value is -3.15. The van der Waals surface area contributed by atoms with Gasteiger partial charge in [0.1, 0.15) is 5.69 Å².